The predicted molar refractivity (Wildman–Crippen MR) is 111 cm³/mol. The SMILES string of the molecule is Cl.NC(N)=NCC1CCC(C(=O)Oc2cccc(-c3ccccc3)c2)CC1. The van der Waals surface area contributed by atoms with Gasteiger partial charge in [-0.1, -0.05) is 42.5 Å². The molecule has 0 bridgehead atoms. The average molecular weight is 388 g/mol. The number of esters is 1. The number of carbonyl (C=O) groups is 1. The van der Waals surface area contributed by atoms with Crippen LogP contribution in [0.4, 0.5) is 0 Å². The number of rotatable bonds is 5. The van der Waals surface area contributed by atoms with E-state index in [1.807, 2.05) is 54.6 Å². The number of halogens is 1. The summed E-state index contributed by atoms with van der Waals surface area (Å²) in [6.45, 7) is 0.642. The van der Waals surface area contributed by atoms with Crippen LogP contribution < -0.4 is 16.2 Å². The Bertz CT molecular complexity index is 768. The Morgan fingerprint density at radius 3 is 2.30 bits per heavy atom. The molecule has 0 saturated heterocycles. The first-order chi connectivity index (χ1) is 12.6. The van der Waals surface area contributed by atoms with Crippen molar-refractivity contribution < 1.29 is 9.53 Å². The molecule has 1 aliphatic rings. The van der Waals surface area contributed by atoms with Crippen molar-refractivity contribution in [2.24, 2.45) is 28.3 Å². The van der Waals surface area contributed by atoms with Crippen LogP contribution in [0, 0.1) is 11.8 Å². The molecule has 0 amide bonds. The van der Waals surface area contributed by atoms with Gasteiger partial charge >= 0.3 is 5.97 Å². The number of hydrogen-bond donors (Lipinski definition) is 2. The van der Waals surface area contributed by atoms with Gasteiger partial charge in [0.2, 0.25) is 0 Å². The molecule has 0 heterocycles. The van der Waals surface area contributed by atoms with Gasteiger partial charge < -0.3 is 16.2 Å². The Morgan fingerprint density at radius 2 is 1.63 bits per heavy atom. The Kier molecular flexibility index (Phi) is 7.67. The topological polar surface area (TPSA) is 90.7 Å². The number of nitrogens with zero attached hydrogens (tertiary/aromatic N) is 1. The van der Waals surface area contributed by atoms with E-state index in [-0.39, 0.29) is 30.3 Å². The molecule has 1 fully saturated rings. The van der Waals surface area contributed by atoms with Crippen LogP contribution in [0.1, 0.15) is 25.7 Å². The molecule has 0 aliphatic heterocycles. The first-order valence-electron chi connectivity index (χ1n) is 9.04. The molecule has 5 nitrogen and oxygen atoms in total. The summed E-state index contributed by atoms with van der Waals surface area (Å²) in [5, 5.41) is 0. The fourth-order valence-electron chi connectivity index (χ4n) is 3.38. The third-order valence-electron chi connectivity index (χ3n) is 4.87. The smallest absolute Gasteiger partial charge is 0.314 e. The zero-order valence-electron chi connectivity index (χ0n) is 15.2. The summed E-state index contributed by atoms with van der Waals surface area (Å²) in [4.78, 5) is 16.6. The number of aliphatic imine (C=N–C) groups is 1. The van der Waals surface area contributed by atoms with Crippen molar-refractivity contribution >= 4 is 24.3 Å². The van der Waals surface area contributed by atoms with Crippen LogP contribution in [-0.4, -0.2) is 18.5 Å². The van der Waals surface area contributed by atoms with Crippen molar-refractivity contribution in [2.75, 3.05) is 6.54 Å². The minimum atomic E-state index is -0.143. The molecule has 4 N–H and O–H groups in total. The maximum Gasteiger partial charge on any atom is 0.314 e. The number of carbonyl (C=O) groups excluding carboxylic acids is 1. The minimum absolute atomic E-state index is 0. The summed E-state index contributed by atoms with van der Waals surface area (Å²) < 4.78 is 5.64. The van der Waals surface area contributed by atoms with Gasteiger partial charge in [0.05, 0.1) is 5.92 Å². The normalized spacial score (nSPS) is 18.8. The molecule has 2 aromatic carbocycles. The molecule has 6 heteroatoms. The van der Waals surface area contributed by atoms with Crippen LogP contribution in [0.25, 0.3) is 11.1 Å². The van der Waals surface area contributed by atoms with Gasteiger partial charge in [0.1, 0.15) is 5.75 Å². The summed E-state index contributed by atoms with van der Waals surface area (Å²) in [6, 6.07) is 17.7. The number of benzene rings is 2. The van der Waals surface area contributed by atoms with Gasteiger partial charge in [-0.3, -0.25) is 9.79 Å². The zero-order valence-corrected chi connectivity index (χ0v) is 16.0. The second kappa shape index (κ2) is 9.97. The first kappa shape index (κ1) is 20.8. The van der Waals surface area contributed by atoms with Crippen LogP contribution in [0.15, 0.2) is 59.6 Å². The summed E-state index contributed by atoms with van der Waals surface area (Å²) in [7, 11) is 0. The van der Waals surface area contributed by atoms with Gasteiger partial charge in [-0.15, -0.1) is 12.4 Å². The Hall–Kier alpha value is -2.53. The van der Waals surface area contributed by atoms with Gasteiger partial charge in [-0.05, 0) is 54.9 Å². The molecule has 3 rings (SSSR count). The predicted octanol–water partition coefficient (Wildman–Crippen LogP) is 3.76. The fourth-order valence-corrected chi connectivity index (χ4v) is 3.38. The third-order valence-corrected chi connectivity index (χ3v) is 4.87. The van der Waals surface area contributed by atoms with E-state index in [1.54, 1.807) is 0 Å². The van der Waals surface area contributed by atoms with Crippen molar-refractivity contribution in [3.05, 3.63) is 54.6 Å². The van der Waals surface area contributed by atoms with E-state index in [4.69, 9.17) is 16.2 Å². The molecule has 27 heavy (non-hydrogen) atoms. The van der Waals surface area contributed by atoms with E-state index in [1.165, 1.54) is 0 Å². The molecule has 0 unspecified atom stereocenters. The van der Waals surface area contributed by atoms with Gasteiger partial charge in [0, 0.05) is 6.54 Å². The van der Waals surface area contributed by atoms with Crippen molar-refractivity contribution in [3.8, 4) is 16.9 Å². The molecule has 1 aliphatic carbocycles. The van der Waals surface area contributed by atoms with E-state index in [9.17, 15) is 4.79 Å². The van der Waals surface area contributed by atoms with Gasteiger partial charge in [-0.25, -0.2) is 0 Å². The van der Waals surface area contributed by atoms with Crippen LogP contribution in [0.2, 0.25) is 0 Å². The largest absolute Gasteiger partial charge is 0.426 e. The zero-order chi connectivity index (χ0) is 18.4. The lowest BCUT2D eigenvalue weighted by molar-refractivity contribution is -0.140. The second-order valence-electron chi connectivity index (χ2n) is 6.80. The van der Waals surface area contributed by atoms with E-state index in [0.29, 0.717) is 18.2 Å². The van der Waals surface area contributed by atoms with Gasteiger partial charge in [-0.2, -0.15) is 0 Å². The van der Waals surface area contributed by atoms with E-state index < -0.39 is 0 Å². The first-order valence-corrected chi connectivity index (χ1v) is 9.04. The summed E-state index contributed by atoms with van der Waals surface area (Å²) in [6.07, 6.45) is 3.53. The van der Waals surface area contributed by atoms with Crippen LogP contribution in [0.3, 0.4) is 0 Å². The second-order valence-corrected chi connectivity index (χ2v) is 6.80. The highest BCUT2D eigenvalue weighted by atomic mass is 35.5. The molecule has 0 aromatic heterocycles. The quantitative estimate of drug-likeness (QED) is 0.353. The number of ether oxygens (including phenoxy) is 1. The maximum atomic E-state index is 12.5. The number of nitrogens with two attached hydrogens (primary N) is 2. The number of guanidine groups is 1. The van der Waals surface area contributed by atoms with E-state index in [0.717, 1.165) is 36.8 Å². The van der Waals surface area contributed by atoms with Crippen LogP contribution in [-0.2, 0) is 4.79 Å². The molecular weight excluding hydrogens is 362 g/mol. The minimum Gasteiger partial charge on any atom is -0.426 e. The molecular formula is C21H26ClN3O2. The summed E-state index contributed by atoms with van der Waals surface area (Å²) in [5.74, 6) is 0.979. The highest BCUT2D eigenvalue weighted by Gasteiger charge is 2.27. The highest BCUT2D eigenvalue weighted by Crippen LogP contribution is 2.31. The fraction of sp³-hybridized carbons (Fsp3) is 0.333. The van der Waals surface area contributed by atoms with Crippen molar-refractivity contribution in [3.63, 3.8) is 0 Å². The van der Waals surface area contributed by atoms with Crippen molar-refractivity contribution in [1.29, 1.82) is 0 Å². The lowest BCUT2D eigenvalue weighted by Crippen LogP contribution is -2.28. The van der Waals surface area contributed by atoms with Crippen molar-refractivity contribution in [2.45, 2.75) is 25.7 Å². The Balaban J connectivity index is 0.00000261. The van der Waals surface area contributed by atoms with Crippen molar-refractivity contribution in [1.82, 2.24) is 0 Å². The molecule has 0 spiro atoms. The lowest BCUT2D eigenvalue weighted by atomic mass is 9.82. The summed E-state index contributed by atoms with van der Waals surface area (Å²) in [5.41, 5.74) is 12.9. The lowest BCUT2D eigenvalue weighted by Gasteiger charge is -2.26. The molecule has 0 atom stereocenters. The van der Waals surface area contributed by atoms with Gasteiger partial charge in [0.25, 0.3) is 0 Å². The molecule has 0 radical (unpaired) electrons. The third kappa shape index (κ3) is 6.00. The summed E-state index contributed by atoms with van der Waals surface area (Å²) >= 11 is 0. The Labute approximate surface area is 166 Å². The Morgan fingerprint density at radius 1 is 0.963 bits per heavy atom. The monoisotopic (exact) mass is 387 g/mol. The van der Waals surface area contributed by atoms with E-state index in [2.05, 4.69) is 4.99 Å². The maximum absolute atomic E-state index is 12.5. The molecule has 2 aromatic rings. The molecule has 1 saturated carbocycles. The van der Waals surface area contributed by atoms with Gasteiger partial charge in [0.15, 0.2) is 5.96 Å². The van der Waals surface area contributed by atoms with Crippen LogP contribution >= 0.6 is 12.4 Å². The molecule has 144 valence electrons. The standard InChI is InChI=1S/C21H25N3O2.ClH/c22-21(23)24-14-15-9-11-17(12-10-15)20(25)26-19-8-4-7-18(13-19)16-5-2-1-3-6-16;/h1-8,13,15,17H,9-12,14H2,(H4,22,23,24);1H. The van der Waals surface area contributed by atoms with E-state index >= 15 is 0 Å². The number of hydrogen-bond acceptors (Lipinski definition) is 3. The van der Waals surface area contributed by atoms with Crippen LogP contribution in [0.5, 0.6) is 5.75 Å². The highest BCUT2D eigenvalue weighted by molar-refractivity contribution is 5.85. The average Bonchev–Trinajstić information content (AvgIpc) is 2.67.